The molecule has 3 amide bonds. The van der Waals surface area contributed by atoms with E-state index in [1.165, 1.54) is 0 Å². The van der Waals surface area contributed by atoms with Crippen molar-refractivity contribution in [1.29, 1.82) is 0 Å². The van der Waals surface area contributed by atoms with Gasteiger partial charge in [-0.15, -0.1) is 0 Å². The smallest absolute Gasteiger partial charge is 0.326 e. The van der Waals surface area contributed by atoms with Crippen LogP contribution in [-0.2, 0) is 14.3 Å². The first kappa shape index (κ1) is 17.2. The number of likely N-dealkylation sites (tertiary alicyclic amines) is 1. The Hall–Kier alpha value is -1.83. The number of carbonyl (C=O) groups is 3. The van der Waals surface area contributed by atoms with Crippen LogP contribution in [0, 0.1) is 5.92 Å². The predicted octanol–water partition coefficient (Wildman–Crippen LogP) is -0.227. The van der Waals surface area contributed by atoms with Gasteiger partial charge in [0.15, 0.2) is 0 Å². The first-order valence-corrected chi connectivity index (χ1v) is 6.99. The number of nitrogens with zero attached hydrogens (tertiary/aromatic N) is 1. The van der Waals surface area contributed by atoms with E-state index in [0.717, 1.165) is 12.8 Å². The molecule has 0 spiro atoms. The number of nitrogens with two attached hydrogens (primary N) is 1. The first-order valence-electron chi connectivity index (χ1n) is 6.99. The molecule has 0 saturated carbocycles. The van der Waals surface area contributed by atoms with Gasteiger partial charge >= 0.3 is 12.0 Å². The van der Waals surface area contributed by atoms with E-state index in [0.29, 0.717) is 19.7 Å². The monoisotopic (exact) mass is 301 g/mol. The van der Waals surface area contributed by atoms with E-state index in [4.69, 9.17) is 15.6 Å². The van der Waals surface area contributed by atoms with Gasteiger partial charge < -0.3 is 25.8 Å². The highest BCUT2D eigenvalue weighted by Crippen LogP contribution is 2.16. The van der Waals surface area contributed by atoms with Crippen molar-refractivity contribution in [2.75, 3.05) is 26.8 Å². The van der Waals surface area contributed by atoms with Crippen LogP contribution in [0.5, 0.6) is 0 Å². The second kappa shape index (κ2) is 8.46. The molecule has 1 aliphatic heterocycles. The van der Waals surface area contributed by atoms with E-state index in [9.17, 15) is 14.4 Å². The van der Waals surface area contributed by atoms with Crippen LogP contribution in [0.25, 0.3) is 0 Å². The number of hydrogen-bond acceptors (Lipinski definition) is 4. The molecule has 0 aromatic rings. The second-order valence-electron chi connectivity index (χ2n) is 5.25. The third-order valence-corrected chi connectivity index (χ3v) is 3.48. The third-order valence-electron chi connectivity index (χ3n) is 3.48. The van der Waals surface area contributed by atoms with Gasteiger partial charge in [0.05, 0.1) is 6.61 Å². The van der Waals surface area contributed by atoms with Crippen molar-refractivity contribution in [3.05, 3.63) is 0 Å². The van der Waals surface area contributed by atoms with Crippen molar-refractivity contribution in [3.63, 3.8) is 0 Å². The Morgan fingerprint density at radius 3 is 2.76 bits per heavy atom. The number of rotatable bonds is 7. The third kappa shape index (κ3) is 5.99. The van der Waals surface area contributed by atoms with Crippen LogP contribution < -0.4 is 11.1 Å². The Balaban J connectivity index is 2.52. The molecule has 1 heterocycles. The van der Waals surface area contributed by atoms with Gasteiger partial charge in [0, 0.05) is 32.5 Å². The lowest BCUT2D eigenvalue weighted by Crippen LogP contribution is -2.51. The first-order chi connectivity index (χ1) is 9.93. The van der Waals surface area contributed by atoms with Crippen LogP contribution in [0.3, 0.4) is 0 Å². The molecule has 120 valence electrons. The lowest BCUT2D eigenvalue weighted by atomic mass is 9.99. The van der Waals surface area contributed by atoms with E-state index in [1.807, 2.05) is 0 Å². The molecule has 0 bridgehead atoms. The minimum Gasteiger partial charge on any atom is -0.480 e. The average molecular weight is 301 g/mol. The Bertz CT molecular complexity index is 386. The number of hydrogen-bond donors (Lipinski definition) is 3. The minimum absolute atomic E-state index is 0.00819. The highest BCUT2D eigenvalue weighted by molar-refractivity contribution is 5.83. The summed E-state index contributed by atoms with van der Waals surface area (Å²) in [6, 6.07) is -1.53. The lowest BCUT2D eigenvalue weighted by Gasteiger charge is -2.33. The molecule has 8 heteroatoms. The van der Waals surface area contributed by atoms with Gasteiger partial charge in [-0.1, -0.05) is 0 Å². The van der Waals surface area contributed by atoms with Crippen molar-refractivity contribution in [1.82, 2.24) is 10.2 Å². The Kier molecular flexibility index (Phi) is 6.93. The summed E-state index contributed by atoms with van der Waals surface area (Å²) in [5.41, 5.74) is 5.00. The number of ether oxygens (including phenoxy) is 1. The number of methoxy groups -OCH3 is 1. The number of piperidine rings is 1. The van der Waals surface area contributed by atoms with Gasteiger partial charge in [-0.05, 0) is 19.3 Å². The quantitative estimate of drug-likeness (QED) is 0.599. The predicted molar refractivity (Wildman–Crippen MR) is 74.6 cm³/mol. The lowest BCUT2D eigenvalue weighted by molar-refractivity contribution is -0.139. The number of carbonyl (C=O) groups excluding carboxylic acids is 2. The van der Waals surface area contributed by atoms with Gasteiger partial charge in [-0.3, -0.25) is 4.79 Å². The number of carboxylic acid groups (broad SMARTS) is 1. The Morgan fingerprint density at radius 2 is 2.19 bits per heavy atom. The van der Waals surface area contributed by atoms with Crippen LogP contribution >= 0.6 is 0 Å². The van der Waals surface area contributed by atoms with Crippen LogP contribution in [-0.4, -0.2) is 60.8 Å². The van der Waals surface area contributed by atoms with E-state index in [-0.39, 0.29) is 18.8 Å². The zero-order valence-corrected chi connectivity index (χ0v) is 12.2. The van der Waals surface area contributed by atoms with E-state index >= 15 is 0 Å². The minimum atomic E-state index is -1.17. The largest absolute Gasteiger partial charge is 0.480 e. The molecule has 0 aromatic heterocycles. The maximum Gasteiger partial charge on any atom is 0.326 e. The van der Waals surface area contributed by atoms with Crippen molar-refractivity contribution in [2.24, 2.45) is 11.7 Å². The van der Waals surface area contributed by atoms with Gasteiger partial charge in [0.1, 0.15) is 6.04 Å². The molecular weight excluding hydrogens is 278 g/mol. The number of nitrogens with one attached hydrogen (secondary N) is 1. The van der Waals surface area contributed by atoms with Crippen LogP contribution in [0.2, 0.25) is 0 Å². The van der Waals surface area contributed by atoms with Crippen molar-refractivity contribution in [3.8, 4) is 0 Å². The Labute approximate surface area is 123 Å². The fourth-order valence-electron chi connectivity index (χ4n) is 2.41. The van der Waals surface area contributed by atoms with Crippen molar-refractivity contribution in [2.45, 2.75) is 31.7 Å². The summed E-state index contributed by atoms with van der Waals surface area (Å²) in [6.45, 7) is 1.71. The van der Waals surface area contributed by atoms with Gasteiger partial charge in [-0.2, -0.15) is 0 Å². The molecule has 1 saturated heterocycles. The highest BCUT2D eigenvalue weighted by Gasteiger charge is 2.27. The summed E-state index contributed by atoms with van der Waals surface area (Å²) in [6.07, 6.45) is 1.76. The highest BCUT2D eigenvalue weighted by atomic mass is 16.5. The fourth-order valence-corrected chi connectivity index (χ4v) is 2.41. The summed E-state index contributed by atoms with van der Waals surface area (Å²) in [4.78, 5) is 35.5. The van der Waals surface area contributed by atoms with Gasteiger partial charge in [-0.25, -0.2) is 9.59 Å². The van der Waals surface area contributed by atoms with E-state index in [2.05, 4.69) is 5.32 Å². The number of urea groups is 1. The number of carboxylic acids is 1. The number of primary amides is 1. The summed E-state index contributed by atoms with van der Waals surface area (Å²) in [5.74, 6) is -1.49. The van der Waals surface area contributed by atoms with Crippen molar-refractivity contribution >= 4 is 17.9 Å². The standard InChI is InChI=1S/C13H23N3O5/c1-21-8-9-3-2-6-16(7-9)13(20)15-10(12(18)19)4-5-11(14)17/h9-10H,2-8H2,1H3,(H2,14,17)(H,15,20)(H,18,19). The molecule has 21 heavy (non-hydrogen) atoms. The molecule has 4 N–H and O–H groups in total. The van der Waals surface area contributed by atoms with Gasteiger partial charge in [0.25, 0.3) is 0 Å². The van der Waals surface area contributed by atoms with Crippen LogP contribution in [0.15, 0.2) is 0 Å². The summed E-state index contributed by atoms with van der Waals surface area (Å²) >= 11 is 0. The fraction of sp³-hybridized carbons (Fsp3) is 0.769. The number of aliphatic carboxylic acids is 1. The average Bonchev–Trinajstić information content (AvgIpc) is 2.43. The van der Waals surface area contributed by atoms with Crippen molar-refractivity contribution < 1.29 is 24.2 Å². The SMILES string of the molecule is COCC1CCCN(C(=O)NC(CCC(N)=O)C(=O)O)C1. The van der Waals surface area contributed by atoms with Crippen LogP contribution in [0.4, 0.5) is 4.79 Å². The Morgan fingerprint density at radius 1 is 1.48 bits per heavy atom. The zero-order valence-electron chi connectivity index (χ0n) is 12.2. The molecule has 1 rings (SSSR count). The molecule has 1 aliphatic rings. The normalized spacial score (nSPS) is 19.9. The van der Waals surface area contributed by atoms with Crippen LogP contribution in [0.1, 0.15) is 25.7 Å². The summed E-state index contributed by atoms with van der Waals surface area (Å²) in [5, 5.41) is 11.5. The summed E-state index contributed by atoms with van der Waals surface area (Å²) < 4.78 is 5.09. The molecule has 0 radical (unpaired) electrons. The summed E-state index contributed by atoms with van der Waals surface area (Å²) in [7, 11) is 1.61. The molecule has 8 nitrogen and oxygen atoms in total. The molecular formula is C13H23N3O5. The maximum atomic E-state index is 12.1. The molecule has 2 atom stereocenters. The topological polar surface area (TPSA) is 122 Å². The zero-order chi connectivity index (χ0) is 15.8. The molecule has 1 fully saturated rings. The maximum absolute atomic E-state index is 12.1. The molecule has 2 unspecified atom stereocenters. The molecule has 0 aromatic carbocycles. The second-order valence-corrected chi connectivity index (χ2v) is 5.25. The van der Waals surface area contributed by atoms with E-state index < -0.39 is 23.9 Å². The van der Waals surface area contributed by atoms with E-state index in [1.54, 1.807) is 12.0 Å². The van der Waals surface area contributed by atoms with Gasteiger partial charge in [0.2, 0.25) is 5.91 Å². The molecule has 0 aliphatic carbocycles. The number of amides is 3.